The van der Waals surface area contributed by atoms with E-state index in [9.17, 15) is 4.79 Å². The second-order valence-electron chi connectivity index (χ2n) is 5.59. The van der Waals surface area contributed by atoms with Gasteiger partial charge in [0, 0.05) is 18.7 Å². The van der Waals surface area contributed by atoms with Gasteiger partial charge in [0.05, 0.1) is 0 Å². The van der Waals surface area contributed by atoms with Crippen molar-refractivity contribution in [2.75, 3.05) is 13.1 Å². The quantitative estimate of drug-likeness (QED) is 0.665. The molecule has 2 heteroatoms. The van der Waals surface area contributed by atoms with Crippen LogP contribution in [0.3, 0.4) is 0 Å². The number of carbonyl (C=O) groups excluding carboxylic acids is 1. The summed E-state index contributed by atoms with van der Waals surface area (Å²) in [6.45, 7) is 5.48. The summed E-state index contributed by atoms with van der Waals surface area (Å²) in [5, 5.41) is 2.28. The largest absolute Gasteiger partial charge is 0.339 e. The van der Waals surface area contributed by atoms with Crippen molar-refractivity contribution in [2.24, 2.45) is 0 Å². The third-order valence-electron chi connectivity index (χ3n) is 4.24. The van der Waals surface area contributed by atoms with Crippen molar-refractivity contribution in [3.05, 3.63) is 72.3 Å². The van der Waals surface area contributed by atoms with Crippen LogP contribution in [0.25, 0.3) is 21.9 Å². The third-order valence-corrected chi connectivity index (χ3v) is 4.24. The van der Waals surface area contributed by atoms with Gasteiger partial charge in [0.2, 0.25) is 0 Å². The number of fused-ring (bicyclic) bond motifs is 1. The van der Waals surface area contributed by atoms with E-state index >= 15 is 0 Å². The Balaban J connectivity index is 2.20. The van der Waals surface area contributed by atoms with Crippen LogP contribution in [0.15, 0.2) is 66.7 Å². The number of carbonyl (C=O) groups is 1. The van der Waals surface area contributed by atoms with Gasteiger partial charge in [0.1, 0.15) is 0 Å². The van der Waals surface area contributed by atoms with Crippen LogP contribution in [0.1, 0.15) is 24.2 Å². The van der Waals surface area contributed by atoms with Gasteiger partial charge in [0.25, 0.3) is 5.91 Å². The lowest BCUT2D eigenvalue weighted by Crippen LogP contribution is -2.30. The predicted molar refractivity (Wildman–Crippen MR) is 96.6 cm³/mol. The molecule has 0 radical (unpaired) electrons. The van der Waals surface area contributed by atoms with Gasteiger partial charge in [-0.05, 0) is 47.9 Å². The normalized spacial score (nSPS) is 10.7. The van der Waals surface area contributed by atoms with Crippen molar-refractivity contribution < 1.29 is 4.79 Å². The average molecular weight is 303 g/mol. The summed E-state index contributed by atoms with van der Waals surface area (Å²) in [5.41, 5.74) is 3.00. The lowest BCUT2D eigenvalue weighted by molar-refractivity contribution is 0.0773. The van der Waals surface area contributed by atoms with Gasteiger partial charge in [-0.25, -0.2) is 0 Å². The summed E-state index contributed by atoms with van der Waals surface area (Å²) in [6.07, 6.45) is 0. The van der Waals surface area contributed by atoms with Crippen molar-refractivity contribution in [1.82, 2.24) is 4.90 Å². The van der Waals surface area contributed by atoms with E-state index in [0.29, 0.717) is 0 Å². The first-order chi connectivity index (χ1) is 11.2. The summed E-state index contributed by atoms with van der Waals surface area (Å²) in [7, 11) is 0. The SMILES string of the molecule is CCN(CC)C(=O)c1cc(-c2ccccc2)c2ccccc2c1. The lowest BCUT2D eigenvalue weighted by atomic mass is 9.95. The van der Waals surface area contributed by atoms with Gasteiger partial charge < -0.3 is 4.90 Å². The summed E-state index contributed by atoms with van der Waals surface area (Å²) in [4.78, 5) is 14.6. The smallest absolute Gasteiger partial charge is 0.253 e. The minimum absolute atomic E-state index is 0.0953. The highest BCUT2D eigenvalue weighted by molar-refractivity contribution is 6.04. The van der Waals surface area contributed by atoms with Gasteiger partial charge in [-0.15, -0.1) is 0 Å². The summed E-state index contributed by atoms with van der Waals surface area (Å²) in [5.74, 6) is 0.0953. The highest BCUT2D eigenvalue weighted by atomic mass is 16.2. The number of benzene rings is 3. The number of hydrogen-bond acceptors (Lipinski definition) is 1. The molecule has 0 spiro atoms. The van der Waals surface area contributed by atoms with Crippen LogP contribution in [0.4, 0.5) is 0 Å². The number of rotatable bonds is 4. The van der Waals surface area contributed by atoms with Crippen LogP contribution in [-0.4, -0.2) is 23.9 Å². The summed E-state index contributed by atoms with van der Waals surface area (Å²) in [6, 6.07) is 22.5. The van der Waals surface area contributed by atoms with Crippen molar-refractivity contribution in [3.63, 3.8) is 0 Å². The molecule has 0 aromatic heterocycles. The Morgan fingerprint density at radius 1 is 0.870 bits per heavy atom. The van der Waals surface area contributed by atoms with Crippen LogP contribution in [-0.2, 0) is 0 Å². The molecule has 0 aliphatic carbocycles. The van der Waals surface area contributed by atoms with Gasteiger partial charge in [-0.2, -0.15) is 0 Å². The Morgan fingerprint density at radius 3 is 2.22 bits per heavy atom. The molecule has 0 bridgehead atoms. The minimum Gasteiger partial charge on any atom is -0.339 e. The maximum atomic E-state index is 12.8. The van der Waals surface area contributed by atoms with Gasteiger partial charge >= 0.3 is 0 Å². The van der Waals surface area contributed by atoms with E-state index in [1.807, 2.05) is 61.2 Å². The highest BCUT2D eigenvalue weighted by Gasteiger charge is 2.15. The molecule has 0 N–H and O–H groups in total. The predicted octanol–water partition coefficient (Wildman–Crippen LogP) is 4.99. The van der Waals surface area contributed by atoms with E-state index in [1.54, 1.807) is 0 Å². The zero-order chi connectivity index (χ0) is 16.2. The zero-order valence-electron chi connectivity index (χ0n) is 13.6. The van der Waals surface area contributed by atoms with Gasteiger partial charge in [-0.1, -0.05) is 54.6 Å². The molecule has 3 aromatic rings. The fraction of sp³-hybridized carbons (Fsp3) is 0.190. The van der Waals surface area contributed by atoms with E-state index in [4.69, 9.17) is 0 Å². The monoisotopic (exact) mass is 303 g/mol. The number of amides is 1. The molecule has 0 unspecified atom stereocenters. The van der Waals surface area contributed by atoms with Crippen LogP contribution in [0.2, 0.25) is 0 Å². The number of nitrogens with zero attached hydrogens (tertiary/aromatic N) is 1. The average Bonchev–Trinajstić information content (AvgIpc) is 2.62. The Kier molecular flexibility index (Phi) is 4.42. The van der Waals surface area contributed by atoms with Crippen LogP contribution in [0, 0.1) is 0 Å². The van der Waals surface area contributed by atoms with E-state index in [1.165, 1.54) is 5.39 Å². The molecule has 2 nitrogen and oxygen atoms in total. The molecular weight excluding hydrogens is 282 g/mol. The van der Waals surface area contributed by atoms with Gasteiger partial charge in [0.15, 0.2) is 0 Å². The summed E-state index contributed by atoms with van der Waals surface area (Å²) < 4.78 is 0. The Hall–Kier alpha value is -2.61. The maximum Gasteiger partial charge on any atom is 0.253 e. The van der Waals surface area contributed by atoms with Crippen LogP contribution >= 0.6 is 0 Å². The minimum atomic E-state index is 0.0953. The topological polar surface area (TPSA) is 20.3 Å². The molecule has 3 aromatic carbocycles. The third kappa shape index (κ3) is 2.98. The maximum absolute atomic E-state index is 12.8. The second kappa shape index (κ2) is 6.66. The number of hydrogen-bond donors (Lipinski definition) is 0. The first-order valence-corrected chi connectivity index (χ1v) is 8.12. The van der Waals surface area contributed by atoms with Crippen molar-refractivity contribution in [2.45, 2.75) is 13.8 Å². The van der Waals surface area contributed by atoms with Crippen molar-refractivity contribution >= 4 is 16.7 Å². The van der Waals surface area contributed by atoms with E-state index < -0.39 is 0 Å². The molecule has 0 atom stereocenters. The molecule has 1 amide bonds. The molecular formula is C21H21NO. The zero-order valence-corrected chi connectivity index (χ0v) is 13.6. The molecule has 116 valence electrons. The second-order valence-corrected chi connectivity index (χ2v) is 5.59. The Morgan fingerprint density at radius 2 is 1.52 bits per heavy atom. The molecule has 0 saturated carbocycles. The van der Waals surface area contributed by atoms with Crippen LogP contribution in [0.5, 0.6) is 0 Å². The first kappa shape index (κ1) is 15.3. The van der Waals surface area contributed by atoms with Crippen molar-refractivity contribution in [1.29, 1.82) is 0 Å². The summed E-state index contributed by atoms with van der Waals surface area (Å²) >= 11 is 0. The fourth-order valence-electron chi connectivity index (χ4n) is 2.98. The molecule has 0 fully saturated rings. The molecule has 0 aliphatic rings. The molecule has 0 aliphatic heterocycles. The molecule has 3 rings (SSSR count). The first-order valence-electron chi connectivity index (χ1n) is 8.12. The fourth-order valence-corrected chi connectivity index (χ4v) is 2.98. The Bertz CT molecular complexity index is 820. The lowest BCUT2D eigenvalue weighted by Gasteiger charge is -2.20. The highest BCUT2D eigenvalue weighted by Crippen LogP contribution is 2.30. The van der Waals surface area contributed by atoms with E-state index in [-0.39, 0.29) is 5.91 Å². The standard InChI is InChI=1S/C21H21NO/c1-3-22(4-2)21(23)18-14-17-12-8-9-13-19(17)20(15-18)16-10-6-5-7-11-16/h5-15H,3-4H2,1-2H3. The van der Waals surface area contributed by atoms with E-state index in [2.05, 4.69) is 24.3 Å². The Labute approximate surface area is 137 Å². The molecule has 0 saturated heterocycles. The molecule has 0 heterocycles. The van der Waals surface area contributed by atoms with E-state index in [0.717, 1.165) is 35.2 Å². The van der Waals surface area contributed by atoms with Crippen molar-refractivity contribution in [3.8, 4) is 11.1 Å². The van der Waals surface area contributed by atoms with Crippen LogP contribution < -0.4 is 0 Å². The van der Waals surface area contributed by atoms with Gasteiger partial charge in [-0.3, -0.25) is 4.79 Å². The molecule has 23 heavy (non-hydrogen) atoms.